The minimum atomic E-state index is -0.0453. The van der Waals surface area contributed by atoms with E-state index < -0.39 is 0 Å². The Morgan fingerprint density at radius 1 is 1.19 bits per heavy atom. The van der Waals surface area contributed by atoms with Crippen molar-refractivity contribution >= 4 is 5.91 Å². The summed E-state index contributed by atoms with van der Waals surface area (Å²) in [7, 11) is 1.75. The molecule has 0 aromatic heterocycles. The number of methoxy groups -OCH3 is 1. The molecule has 5 atom stereocenters. The number of ether oxygens (including phenoxy) is 1. The van der Waals surface area contributed by atoms with E-state index in [0.717, 1.165) is 19.3 Å². The Labute approximate surface area is 129 Å². The van der Waals surface area contributed by atoms with Crippen LogP contribution in [0.5, 0.6) is 0 Å². The highest BCUT2D eigenvalue weighted by molar-refractivity contribution is 5.80. The zero-order valence-electron chi connectivity index (χ0n) is 14.4. The summed E-state index contributed by atoms with van der Waals surface area (Å²) in [4.78, 5) is 12.8. The van der Waals surface area contributed by atoms with Crippen LogP contribution in [0.3, 0.4) is 0 Å². The fraction of sp³-hybridized carbons (Fsp3) is 0.941. The Morgan fingerprint density at radius 3 is 2.33 bits per heavy atom. The number of hydrogen-bond donors (Lipinski definition) is 2. The SMILES string of the molecule is COC1CC(NC(=O)C2CCC(N)C(C)C2(C)C)C1(C)C. The predicted molar refractivity (Wildman–Crippen MR) is 84.8 cm³/mol. The van der Waals surface area contributed by atoms with Gasteiger partial charge < -0.3 is 15.8 Å². The average Bonchev–Trinajstić information content (AvgIpc) is 2.40. The summed E-state index contributed by atoms with van der Waals surface area (Å²) in [5, 5.41) is 3.27. The van der Waals surface area contributed by atoms with Crippen molar-refractivity contribution < 1.29 is 9.53 Å². The van der Waals surface area contributed by atoms with Gasteiger partial charge in [0.25, 0.3) is 0 Å². The minimum Gasteiger partial charge on any atom is -0.381 e. The van der Waals surface area contributed by atoms with Gasteiger partial charge >= 0.3 is 0 Å². The van der Waals surface area contributed by atoms with Crippen LogP contribution in [0.4, 0.5) is 0 Å². The van der Waals surface area contributed by atoms with Crippen LogP contribution in [-0.4, -0.2) is 31.2 Å². The number of rotatable bonds is 3. The van der Waals surface area contributed by atoms with Gasteiger partial charge in [-0.15, -0.1) is 0 Å². The average molecular weight is 296 g/mol. The summed E-state index contributed by atoms with van der Waals surface area (Å²) in [6.45, 7) is 10.9. The highest BCUT2D eigenvalue weighted by Gasteiger charge is 2.51. The molecule has 122 valence electrons. The van der Waals surface area contributed by atoms with E-state index >= 15 is 0 Å². The molecule has 0 aromatic carbocycles. The fourth-order valence-electron chi connectivity index (χ4n) is 4.12. The molecule has 0 saturated heterocycles. The standard InChI is InChI=1S/C17H32N2O2/c1-10-12(18)8-7-11(16(10,2)3)15(20)19-13-9-14(21-6)17(13,4)5/h10-14H,7-9,18H2,1-6H3,(H,19,20). The molecule has 0 aliphatic heterocycles. The van der Waals surface area contributed by atoms with E-state index in [1.165, 1.54) is 0 Å². The first kappa shape index (κ1) is 16.8. The Bertz CT molecular complexity index is 406. The molecule has 2 rings (SSSR count). The highest BCUT2D eigenvalue weighted by atomic mass is 16.5. The molecule has 21 heavy (non-hydrogen) atoms. The van der Waals surface area contributed by atoms with E-state index in [2.05, 4.69) is 39.9 Å². The van der Waals surface area contributed by atoms with E-state index in [-0.39, 0.29) is 40.8 Å². The van der Waals surface area contributed by atoms with E-state index in [4.69, 9.17) is 10.5 Å². The second-order valence-electron chi connectivity index (χ2n) is 8.25. The van der Waals surface area contributed by atoms with Gasteiger partial charge in [0.2, 0.25) is 5.91 Å². The number of carbonyl (C=O) groups excluding carboxylic acids is 1. The van der Waals surface area contributed by atoms with Gasteiger partial charge in [-0.25, -0.2) is 0 Å². The summed E-state index contributed by atoms with van der Waals surface area (Å²) < 4.78 is 5.46. The molecule has 2 aliphatic rings. The number of carbonyl (C=O) groups is 1. The lowest BCUT2D eigenvalue weighted by Gasteiger charge is -2.52. The second kappa shape index (κ2) is 5.54. The second-order valence-corrected chi connectivity index (χ2v) is 8.25. The largest absolute Gasteiger partial charge is 0.381 e. The first-order valence-electron chi connectivity index (χ1n) is 8.21. The summed E-state index contributed by atoms with van der Waals surface area (Å²) in [5.41, 5.74) is 6.16. The molecule has 3 N–H and O–H groups in total. The van der Waals surface area contributed by atoms with Crippen LogP contribution in [-0.2, 0) is 9.53 Å². The van der Waals surface area contributed by atoms with Gasteiger partial charge in [-0.1, -0.05) is 34.6 Å². The van der Waals surface area contributed by atoms with E-state index in [9.17, 15) is 4.79 Å². The van der Waals surface area contributed by atoms with Gasteiger partial charge in [-0.05, 0) is 30.6 Å². The third kappa shape index (κ3) is 2.72. The maximum absolute atomic E-state index is 12.8. The van der Waals surface area contributed by atoms with E-state index in [1.807, 2.05) is 0 Å². The zero-order valence-corrected chi connectivity index (χ0v) is 14.4. The third-order valence-electron chi connectivity index (χ3n) is 6.60. The van der Waals surface area contributed by atoms with Gasteiger partial charge in [-0.2, -0.15) is 0 Å². The lowest BCUT2D eigenvalue weighted by Crippen LogP contribution is -2.63. The Morgan fingerprint density at radius 2 is 1.81 bits per heavy atom. The van der Waals surface area contributed by atoms with Crippen molar-refractivity contribution in [3.05, 3.63) is 0 Å². The summed E-state index contributed by atoms with van der Waals surface area (Å²) in [6.07, 6.45) is 3.00. The molecule has 2 saturated carbocycles. The van der Waals surface area contributed by atoms with Crippen molar-refractivity contribution in [1.29, 1.82) is 0 Å². The molecule has 2 aliphatic carbocycles. The van der Waals surface area contributed by atoms with Gasteiger partial charge in [0, 0.05) is 30.5 Å². The first-order valence-corrected chi connectivity index (χ1v) is 8.21. The van der Waals surface area contributed by atoms with Crippen LogP contribution < -0.4 is 11.1 Å². The first-order chi connectivity index (χ1) is 9.62. The van der Waals surface area contributed by atoms with Gasteiger partial charge in [0.1, 0.15) is 0 Å². The minimum absolute atomic E-state index is 0.0191. The predicted octanol–water partition coefficient (Wildman–Crippen LogP) is 2.32. The molecule has 0 aromatic rings. The summed E-state index contributed by atoms with van der Waals surface area (Å²) >= 11 is 0. The number of hydrogen-bond acceptors (Lipinski definition) is 3. The number of nitrogens with one attached hydrogen (secondary N) is 1. The van der Waals surface area contributed by atoms with Crippen molar-refractivity contribution in [3.63, 3.8) is 0 Å². The van der Waals surface area contributed by atoms with Crippen molar-refractivity contribution in [2.75, 3.05) is 7.11 Å². The maximum atomic E-state index is 12.8. The molecule has 4 heteroatoms. The third-order valence-corrected chi connectivity index (χ3v) is 6.60. The lowest BCUT2D eigenvalue weighted by molar-refractivity contribution is -0.142. The normalized spacial score (nSPS) is 41.2. The van der Waals surface area contributed by atoms with Crippen LogP contribution in [0.1, 0.15) is 53.9 Å². The van der Waals surface area contributed by atoms with Crippen molar-refractivity contribution in [2.45, 2.75) is 72.1 Å². The highest BCUT2D eigenvalue weighted by Crippen LogP contribution is 2.46. The lowest BCUT2D eigenvalue weighted by atomic mass is 9.60. The molecular formula is C17H32N2O2. The fourth-order valence-corrected chi connectivity index (χ4v) is 4.12. The number of amides is 1. The van der Waals surface area contributed by atoms with Crippen LogP contribution in [0.15, 0.2) is 0 Å². The van der Waals surface area contributed by atoms with Gasteiger partial charge in [0.15, 0.2) is 0 Å². The molecule has 2 fully saturated rings. The van der Waals surface area contributed by atoms with Crippen LogP contribution >= 0.6 is 0 Å². The molecule has 0 heterocycles. The molecule has 1 amide bonds. The van der Waals surface area contributed by atoms with Gasteiger partial charge in [-0.3, -0.25) is 4.79 Å². The van der Waals surface area contributed by atoms with Crippen LogP contribution in [0.2, 0.25) is 0 Å². The van der Waals surface area contributed by atoms with Crippen LogP contribution in [0.25, 0.3) is 0 Å². The molecular weight excluding hydrogens is 264 g/mol. The monoisotopic (exact) mass is 296 g/mol. The molecule has 4 nitrogen and oxygen atoms in total. The van der Waals surface area contributed by atoms with Crippen LogP contribution in [0, 0.1) is 22.7 Å². The molecule has 0 bridgehead atoms. The number of nitrogens with two attached hydrogens (primary N) is 1. The Balaban J connectivity index is 2.01. The molecule has 0 radical (unpaired) electrons. The van der Waals surface area contributed by atoms with Crippen molar-refractivity contribution in [3.8, 4) is 0 Å². The van der Waals surface area contributed by atoms with Crippen molar-refractivity contribution in [1.82, 2.24) is 5.32 Å². The van der Waals surface area contributed by atoms with E-state index in [0.29, 0.717) is 5.92 Å². The smallest absolute Gasteiger partial charge is 0.223 e. The molecule has 5 unspecified atom stereocenters. The van der Waals surface area contributed by atoms with Crippen molar-refractivity contribution in [2.24, 2.45) is 28.4 Å². The van der Waals surface area contributed by atoms with E-state index in [1.54, 1.807) is 7.11 Å². The quantitative estimate of drug-likeness (QED) is 0.840. The molecule has 0 spiro atoms. The maximum Gasteiger partial charge on any atom is 0.223 e. The summed E-state index contributed by atoms with van der Waals surface area (Å²) in [5.74, 6) is 0.624. The topological polar surface area (TPSA) is 64.3 Å². The Hall–Kier alpha value is -0.610. The van der Waals surface area contributed by atoms with Gasteiger partial charge in [0.05, 0.1) is 6.10 Å². The zero-order chi connectivity index (χ0) is 16.0. The summed E-state index contributed by atoms with van der Waals surface area (Å²) in [6, 6.07) is 0.429. The Kier molecular flexibility index (Phi) is 4.42.